The van der Waals surface area contributed by atoms with Crippen molar-refractivity contribution in [3.63, 3.8) is 0 Å². The highest BCUT2D eigenvalue weighted by Gasteiger charge is 2.28. The molecule has 7 heteroatoms. The monoisotopic (exact) mass is 504 g/mol. The van der Waals surface area contributed by atoms with Crippen molar-refractivity contribution in [1.82, 2.24) is 10.2 Å². The second-order valence-corrected chi connectivity index (χ2v) is 9.67. The first-order valence-corrected chi connectivity index (χ1v) is 11.4. The molecule has 0 radical (unpaired) electrons. The molecule has 0 aromatic heterocycles. The summed E-state index contributed by atoms with van der Waals surface area (Å²) in [5, 5.41) is 2.98. The summed E-state index contributed by atoms with van der Waals surface area (Å²) in [5.74, 6) is 1.02. The maximum absolute atomic E-state index is 13.3. The Bertz CT molecular complexity index is 923. The van der Waals surface area contributed by atoms with Crippen LogP contribution in [0.4, 0.5) is 0 Å². The minimum Gasteiger partial charge on any atom is -0.493 e. The second-order valence-electron chi connectivity index (χ2n) is 8.75. The van der Waals surface area contributed by atoms with Crippen LogP contribution in [0.2, 0.25) is 0 Å². The summed E-state index contributed by atoms with van der Waals surface area (Å²) in [6.45, 7) is 7.91. The van der Waals surface area contributed by atoms with Crippen molar-refractivity contribution in [2.24, 2.45) is 0 Å². The van der Waals surface area contributed by atoms with Crippen molar-refractivity contribution in [2.75, 3.05) is 14.2 Å². The minimum atomic E-state index is -0.601. The van der Waals surface area contributed by atoms with Crippen LogP contribution < -0.4 is 14.8 Å². The normalized spacial score (nSPS) is 12.1. The first-order chi connectivity index (χ1) is 15.0. The number of nitrogens with zero attached hydrogens (tertiary/aromatic N) is 1. The molecular formula is C25H33BrN2O4. The molecule has 0 bridgehead atoms. The molecule has 2 amide bonds. The number of hydrogen-bond donors (Lipinski definition) is 1. The number of ether oxygens (including phenoxy) is 2. The van der Waals surface area contributed by atoms with Gasteiger partial charge < -0.3 is 19.7 Å². The molecule has 174 valence electrons. The van der Waals surface area contributed by atoms with E-state index >= 15 is 0 Å². The van der Waals surface area contributed by atoms with Crippen LogP contribution in [0.15, 0.2) is 46.9 Å². The topological polar surface area (TPSA) is 67.9 Å². The summed E-state index contributed by atoms with van der Waals surface area (Å²) in [6.07, 6.45) is 0.808. The van der Waals surface area contributed by atoms with E-state index in [0.29, 0.717) is 24.5 Å². The summed E-state index contributed by atoms with van der Waals surface area (Å²) in [7, 11) is 3.17. The van der Waals surface area contributed by atoms with Crippen molar-refractivity contribution in [2.45, 2.75) is 58.7 Å². The van der Waals surface area contributed by atoms with Gasteiger partial charge in [0.1, 0.15) is 6.04 Å². The predicted octanol–water partition coefficient (Wildman–Crippen LogP) is 4.73. The Kier molecular flexibility index (Phi) is 9.13. The molecule has 0 spiro atoms. The Morgan fingerprint density at radius 3 is 2.16 bits per heavy atom. The van der Waals surface area contributed by atoms with E-state index in [4.69, 9.17) is 9.47 Å². The molecule has 0 aliphatic rings. The van der Waals surface area contributed by atoms with Crippen LogP contribution in [0, 0.1) is 0 Å². The van der Waals surface area contributed by atoms with E-state index in [9.17, 15) is 9.59 Å². The van der Waals surface area contributed by atoms with Gasteiger partial charge in [-0.05, 0) is 69.5 Å². The highest BCUT2D eigenvalue weighted by atomic mass is 79.9. The number of carbonyl (C=O) groups is 2. The van der Waals surface area contributed by atoms with E-state index < -0.39 is 6.04 Å². The van der Waals surface area contributed by atoms with Crippen LogP contribution in [0.3, 0.4) is 0 Å². The van der Waals surface area contributed by atoms with Gasteiger partial charge in [0.2, 0.25) is 11.8 Å². The van der Waals surface area contributed by atoms with Gasteiger partial charge in [-0.1, -0.05) is 34.1 Å². The SMILES string of the molecule is COc1ccc(CCC(=O)N(Cc2ccc(Br)cc2)[C@H](C)C(=O)NC(C)(C)C)cc1OC. The van der Waals surface area contributed by atoms with Gasteiger partial charge in [-0.25, -0.2) is 0 Å². The lowest BCUT2D eigenvalue weighted by Gasteiger charge is -2.31. The van der Waals surface area contributed by atoms with Gasteiger partial charge >= 0.3 is 0 Å². The Morgan fingerprint density at radius 2 is 1.59 bits per heavy atom. The number of carbonyl (C=O) groups excluding carboxylic acids is 2. The molecule has 0 aliphatic carbocycles. The molecule has 2 aromatic carbocycles. The molecule has 1 N–H and O–H groups in total. The molecule has 0 aliphatic heterocycles. The maximum Gasteiger partial charge on any atom is 0.242 e. The van der Waals surface area contributed by atoms with Crippen LogP contribution in [0.1, 0.15) is 45.2 Å². The van der Waals surface area contributed by atoms with E-state index in [1.54, 1.807) is 26.0 Å². The molecule has 0 saturated heterocycles. The Hall–Kier alpha value is -2.54. The summed E-state index contributed by atoms with van der Waals surface area (Å²) in [6, 6.07) is 12.8. The molecule has 6 nitrogen and oxygen atoms in total. The fourth-order valence-electron chi connectivity index (χ4n) is 3.27. The number of halogens is 1. The van der Waals surface area contributed by atoms with Crippen LogP contribution in [0.5, 0.6) is 11.5 Å². The molecule has 32 heavy (non-hydrogen) atoms. The van der Waals surface area contributed by atoms with Crippen molar-refractivity contribution in [1.29, 1.82) is 0 Å². The zero-order valence-electron chi connectivity index (χ0n) is 19.7. The number of nitrogens with one attached hydrogen (secondary N) is 1. The van der Waals surface area contributed by atoms with E-state index in [1.165, 1.54) is 0 Å². The quantitative estimate of drug-likeness (QED) is 0.535. The molecule has 1 atom stereocenters. The number of benzene rings is 2. The number of hydrogen-bond acceptors (Lipinski definition) is 4. The fourth-order valence-corrected chi connectivity index (χ4v) is 3.54. The van der Waals surface area contributed by atoms with Crippen molar-refractivity contribution >= 4 is 27.7 Å². The standard InChI is InChI=1S/C25H33BrN2O4/c1-17(24(30)27-25(2,3)4)28(16-19-7-11-20(26)12-8-19)23(29)14-10-18-9-13-21(31-5)22(15-18)32-6/h7-9,11-13,15,17H,10,14,16H2,1-6H3,(H,27,30)/t17-/m1/s1. The average molecular weight is 505 g/mol. The van der Waals surface area contributed by atoms with Crippen molar-refractivity contribution < 1.29 is 19.1 Å². The summed E-state index contributed by atoms with van der Waals surface area (Å²) in [5.41, 5.74) is 1.55. The average Bonchev–Trinajstić information content (AvgIpc) is 2.75. The highest BCUT2D eigenvalue weighted by molar-refractivity contribution is 9.10. The van der Waals surface area contributed by atoms with E-state index in [-0.39, 0.29) is 23.8 Å². The molecule has 2 aromatic rings. The van der Waals surface area contributed by atoms with Gasteiger partial charge in [0.25, 0.3) is 0 Å². The van der Waals surface area contributed by atoms with E-state index in [2.05, 4.69) is 21.2 Å². The number of aryl methyl sites for hydroxylation is 1. The highest BCUT2D eigenvalue weighted by Crippen LogP contribution is 2.28. The molecule has 0 fully saturated rings. The zero-order chi connectivity index (χ0) is 23.9. The smallest absolute Gasteiger partial charge is 0.242 e. The third kappa shape index (κ3) is 7.55. The van der Waals surface area contributed by atoms with Crippen molar-refractivity contribution in [3.05, 3.63) is 58.1 Å². The molecule has 0 unspecified atom stereocenters. The predicted molar refractivity (Wildman–Crippen MR) is 130 cm³/mol. The molecule has 0 heterocycles. The second kappa shape index (κ2) is 11.4. The van der Waals surface area contributed by atoms with E-state index in [1.807, 2.05) is 63.2 Å². The lowest BCUT2D eigenvalue weighted by molar-refractivity contribution is -0.141. The maximum atomic E-state index is 13.3. The van der Waals surface area contributed by atoms with Crippen LogP contribution in [-0.4, -0.2) is 42.5 Å². The minimum absolute atomic E-state index is 0.0840. The summed E-state index contributed by atoms with van der Waals surface area (Å²) in [4.78, 5) is 27.7. The lowest BCUT2D eigenvalue weighted by atomic mass is 10.1. The van der Waals surface area contributed by atoms with Crippen LogP contribution in [0.25, 0.3) is 0 Å². The zero-order valence-corrected chi connectivity index (χ0v) is 21.3. The third-order valence-corrected chi connectivity index (χ3v) is 5.54. The van der Waals surface area contributed by atoms with Gasteiger partial charge in [0.05, 0.1) is 14.2 Å². The Labute approximate surface area is 199 Å². The lowest BCUT2D eigenvalue weighted by Crippen LogP contribution is -2.52. The van der Waals surface area contributed by atoms with Gasteiger partial charge in [0.15, 0.2) is 11.5 Å². The first-order valence-electron chi connectivity index (χ1n) is 10.6. The molecule has 0 saturated carbocycles. The van der Waals surface area contributed by atoms with Gasteiger partial charge in [0, 0.05) is 23.0 Å². The third-order valence-electron chi connectivity index (χ3n) is 5.01. The van der Waals surface area contributed by atoms with Gasteiger partial charge in [-0.2, -0.15) is 0 Å². The molecular weight excluding hydrogens is 472 g/mol. The first kappa shape index (κ1) is 25.7. The number of rotatable bonds is 9. The summed E-state index contributed by atoms with van der Waals surface area (Å²) < 4.78 is 11.6. The van der Waals surface area contributed by atoms with Gasteiger partial charge in [-0.3, -0.25) is 9.59 Å². The van der Waals surface area contributed by atoms with E-state index in [0.717, 1.165) is 15.6 Å². The molecule has 2 rings (SSSR count). The van der Waals surface area contributed by atoms with Crippen LogP contribution >= 0.6 is 15.9 Å². The number of amides is 2. The van der Waals surface area contributed by atoms with Crippen molar-refractivity contribution in [3.8, 4) is 11.5 Å². The Balaban J connectivity index is 2.18. The fraction of sp³-hybridized carbons (Fsp3) is 0.440. The number of methoxy groups -OCH3 is 2. The largest absolute Gasteiger partial charge is 0.493 e. The van der Waals surface area contributed by atoms with Crippen LogP contribution in [-0.2, 0) is 22.6 Å². The van der Waals surface area contributed by atoms with Gasteiger partial charge in [-0.15, -0.1) is 0 Å². The Morgan fingerprint density at radius 1 is 1.00 bits per heavy atom. The summed E-state index contributed by atoms with van der Waals surface area (Å²) >= 11 is 3.43.